The van der Waals surface area contributed by atoms with Crippen molar-refractivity contribution in [2.75, 3.05) is 13.2 Å². The van der Waals surface area contributed by atoms with Gasteiger partial charge in [0.05, 0.1) is 25.4 Å². The van der Waals surface area contributed by atoms with E-state index in [1.54, 1.807) is 6.08 Å². The molecule has 0 aliphatic heterocycles. The van der Waals surface area contributed by atoms with Gasteiger partial charge in [-0.15, -0.1) is 0 Å². The number of hydrogen-bond donors (Lipinski definition) is 3. The molecule has 0 rings (SSSR count). The summed E-state index contributed by atoms with van der Waals surface area (Å²) < 4.78 is 5.51. The second kappa shape index (κ2) is 62.1. The van der Waals surface area contributed by atoms with Gasteiger partial charge in [0.25, 0.3) is 0 Å². The molecule has 2 atom stereocenters. The van der Waals surface area contributed by atoms with Gasteiger partial charge in [-0.3, -0.25) is 9.59 Å². The molecule has 0 spiro atoms. The first-order valence-electron chi connectivity index (χ1n) is 33.0. The Balaban J connectivity index is 3.40. The van der Waals surface area contributed by atoms with Crippen LogP contribution in [-0.2, 0) is 14.3 Å². The molecule has 0 bridgehead atoms. The van der Waals surface area contributed by atoms with Crippen LogP contribution < -0.4 is 5.32 Å². The SMILES string of the molecule is CCCCCCCCCCCCCCCCCC/C=C/C(O)C(CO)NC(=O)CCCCCCCCCCCCCCCCCCCCOC(=O)CCCCCCCCCCCCCCCCCCCCC. The fraction of sp³-hybridized carbons (Fsp3) is 0.939. The molecule has 1 amide bonds. The van der Waals surface area contributed by atoms with Crippen molar-refractivity contribution in [1.29, 1.82) is 0 Å². The Kier molecular flexibility index (Phi) is 60.9. The van der Waals surface area contributed by atoms with Gasteiger partial charge in [0.15, 0.2) is 0 Å². The maximum absolute atomic E-state index is 12.5. The van der Waals surface area contributed by atoms with Crippen LogP contribution in [0.4, 0.5) is 0 Å². The van der Waals surface area contributed by atoms with E-state index in [1.165, 1.54) is 308 Å². The van der Waals surface area contributed by atoms with Crippen LogP contribution in [0.1, 0.15) is 373 Å². The zero-order valence-corrected chi connectivity index (χ0v) is 48.9. The molecule has 0 aromatic rings. The van der Waals surface area contributed by atoms with Crippen LogP contribution in [0.2, 0.25) is 0 Å². The number of hydrogen-bond acceptors (Lipinski definition) is 5. The molecule has 3 N–H and O–H groups in total. The van der Waals surface area contributed by atoms with Crippen LogP contribution in [0.5, 0.6) is 0 Å². The van der Waals surface area contributed by atoms with Crippen molar-refractivity contribution in [2.45, 2.75) is 386 Å². The summed E-state index contributed by atoms with van der Waals surface area (Å²) in [7, 11) is 0. The monoisotopic (exact) mass is 1020 g/mol. The van der Waals surface area contributed by atoms with Crippen LogP contribution in [0.15, 0.2) is 12.2 Å². The molecular weight excluding hydrogens is 887 g/mol. The molecule has 0 saturated heterocycles. The molecule has 0 aliphatic rings. The Morgan fingerprint density at radius 1 is 0.375 bits per heavy atom. The van der Waals surface area contributed by atoms with Crippen molar-refractivity contribution in [3.05, 3.63) is 12.2 Å². The van der Waals surface area contributed by atoms with E-state index in [-0.39, 0.29) is 18.5 Å². The molecule has 0 aromatic carbocycles. The largest absolute Gasteiger partial charge is 0.466 e. The van der Waals surface area contributed by atoms with E-state index in [9.17, 15) is 19.8 Å². The smallest absolute Gasteiger partial charge is 0.305 e. The van der Waals surface area contributed by atoms with Gasteiger partial charge in [0, 0.05) is 12.8 Å². The lowest BCUT2D eigenvalue weighted by atomic mass is 10.0. The molecule has 2 unspecified atom stereocenters. The Hall–Kier alpha value is -1.40. The number of carbonyl (C=O) groups excluding carboxylic acids is 2. The lowest BCUT2D eigenvalue weighted by molar-refractivity contribution is -0.143. The highest BCUT2D eigenvalue weighted by atomic mass is 16.5. The predicted octanol–water partition coefficient (Wildman–Crippen LogP) is 20.8. The Labute approximate surface area is 450 Å². The maximum Gasteiger partial charge on any atom is 0.305 e. The summed E-state index contributed by atoms with van der Waals surface area (Å²) in [4.78, 5) is 24.6. The average molecular weight is 1020 g/mol. The standard InChI is InChI=1S/C66H129NO5/c1-3-5-7-9-11-13-15-17-19-21-23-28-32-36-40-44-48-52-56-60-66(71)72-61-57-53-49-45-41-37-33-29-25-24-27-31-35-39-43-47-51-55-59-65(70)67-63(62-68)64(69)58-54-50-46-42-38-34-30-26-22-20-18-16-14-12-10-8-6-4-2/h54,58,63-64,68-69H,3-53,55-57,59-62H2,1-2H3,(H,67,70)/b58-54+. The first-order valence-corrected chi connectivity index (χ1v) is 33.0. The number of allylic oxidation sites excluding steroid dienone is 1. The summed E-state index contributed by atoms with van der Waals surface area (Å²) in [6.07, 6.45) is 75.5. The third kappa shape index (κ3) is 57.9. The summed E-state index contributed by atoms with van der Waals surface area (Å²) in [5, 5.41) is 23.2. The van der Waals surface area contributed by atoms with Crippen molar-refractivity contribution in [3.8, 4) is 0 Å². The van der Waals surface area contributed by atoms with Crippen LogP contribution in [-0.4, -0.2) is 47.4 Å². The number of aliphatic hydroxyl groups is 2. The highest BCUT2D eigenvalue weighted by Crippen LogP contribution is 2.19. The minimum atomic E-state index is -0.847. The zero-order valence-electron chi connectivity index (χ0n) is 48.9. The zero-order chi connectivity index (χ0) is 52.2. The number of amides is 1. The second-order valence-electron chi connectivity index (χ2n) is 22.8. The molecule has 6 nitrogen and oxygen atoms in total. The van der Waals surface area contributed by atoms with Crippen LogP contribution in [0.25, 0.3) is 0 Å². The highest BCUT2D eigenvalue weighted by molar-refractivity contribution is 5.76. The maximum atomic E-state index is 12.5. The third-order valence-electron chi connectivity index (χ3n) is 15.6. The van der Waals surface area contributed by atoms with Gasteiger partial charge in [-0.2, -0.15) is 0 Å². The van der Waals surface area contributed by atoms with Gasteiger partial charge in [-0.25, -0.2) is 0 Å². The number of ether oxygens (including phenoxy) is 1. The number of carbonyl (C=O) groups is 2. The lowest BCUT2D eigenvalue weighted by Gasteiger charge is -2.20. The van der Waals surface area contributed by atoms with E-state index in [2.05, 4.69) is 19.2 Å². The number of nitrogens with one attached hydrogen (secondary N) is 1. The van der Waals surface area contributed by atoms with Gasteiger partial charge in [0.2, 0.25) is 5.91 Å². The quantitative estimate of drug-likeness (QED) is 0.0320. The lowest BCUT2D eigenvalue weighted by Crippen LogP contribution is -2.45. The predicted molar refractivity (Wildman–Crippen MR) is 315 cm³/mol. The van der Waals surface area contributed by atoms with Gasteiger partial charge in [0.1, 0.15) is 0 Å². The van der Waals surface area contributed by atoms with Crippen molar-refractivity contribution >= 4 is 11.9 Å². The molecule has 428 valence electrons. The van der Waals surface area contributed by atoms with Gasteiger partial charge >= 0.3 is 5.97 Å². The molecule has 0 aromatic heterocycles. The molecule has 72 heavy (non-hydrogen) atoms. The summed E-state index contributed by atoms with van der Waals surface area (Å²) >= 11 is 0. The fourth-order valence-corrected chi connectivity index (χ4v) is 10.5. The number of aliphatic hydroxyl groups excluding tert-OH is 2. The minimum Gasteiger partial charge on any atom is -0.466 e. The minimum absolute atomic E-state index is 0.0123. The van der Waals surface area contributed by atoms with Crippen molar-refractivity contribution in [1.82, 2.24) is 5.32 Å². The molecule has 0 fully saturated rings. The number of esters is 1. The molecular formula is C66H129NO5. The molecule has 0 radical (unpaired) electrons. The van der Waals surface area contributed by atoms with Crippen molar-refractivity contribution < 1.29 is 24.5 Å². The van der Waals surface area contributed by atoms with E-state index in [4.69, 9.17) is 4.74 Å². The number of unbranched alkanes of at least 4 members (excludes halogenated alkanes) is 51. The first-order chi connectivity index (χ1) is 35.5. The van der Waals surface area contributed by atoms with E-state index >= 15 is 0 Å². The van der Waals surface area contributed by atoms with Gasteiger partial charge in [-0.1, -0.05) is 341 Å². The molecule has 0 aliphatic carbocycles. The summed E-state index contributed by atoms with van der Waals surface area (Å²) in [5.74, 6) is -0.0560. The van der Waals surface area contributed by atoms with E-state index < -0.39 is 12.1 Å². The fourth-order valence-electron chi connectivity index (χ4n) is 10.5. The Morgan fingerprint density at radius 2 is 0.639 bits per heavy atom. The van der Waals surface area contributed by atoms with Gasteiger partial charge < -0.3 is 20.3 Å². The average Bonchev–Trinajstić information content (AvgIpc) is 3.38. The molecule has 0 saturated carbocycles. The van der Waals surface area contributed by atoms with E-state index in [1.807, 2.05) is 6.08 Å². The first kappa shape index (κ1) is 70.6. The normalized spacial score (nSPS) is 12.6. The summed E-state index contributed by atoms with van der Waals surface area (Å²) in [5.41, 5.74) is 0. The second-order valence-corrected chi connectivity index (χ2v) is 22.8. The summed E-state index contributed by atoms with van der Waals surface area (Å²) in [6, 6.07) is -0.631. The van der Waals surface area contributed by atoms with Crippen LogP contribution in [0.3, 0.4) is 0 Å². The summed E-state index contributed by atoms with van der Waals surface area (Å²) in [6.45, 7) is 4.94. The van der Waals surface area contributed by atoms with E-state index in [0.717, 1.165) is 38.5 Å². The van der Waals surface area contributed by atoms with E-state index in [0.29, 0.717) is 19.4 Å². The van der Waals surface area contributed by atoms with Crippen LogP contribution >= 0.6 is 0 Å². The highest BCUT2D eigenvalue weighted by Gasteiger charge is 2.18. The Bertz CT molecular complexity index is 1080. The topological polar surface area (TPSA) is 95.9 Å². The molecule has 6 heteroatoms. The third-order valence-corrected chi connectivity index (χ3v) is 15.6. The van der Waals surface area contributed by atoms with Crippen LogP contribution in [0, 0.1) is 0 Å². The molecule has 0 heterocycles. The van der Waals surface area contributed by atoms with Crippen molar-refractivity contribution in [2.24, 2.45) is 0 Å². The van der Waals surface area contributed by atoms with Crippen molar-refractivity contribution in [3.63, 3.8) is 0 Å². The number of rotatable bonds is 62. The Morgan fingerprint density at radius 3 is 0.944 bits per heavy atom. The van der Waals surface area contributed by atoms with Gasteiger partial charge in [-0.05, 0) is 32.1 Å².